The summed E-state index contributed by atoms with van der Waals surface area (Å²) in [6.45, 7) is 4.19. The van der Waals surface area contributed by atoms with E-state index in [0.717, 1.165) is 35.4 Å². The summed E-state index contributed by atoms with van der Waals surface area (Å²) in [4.78, 5) is 7.23. The number of aromatic nitrogens is 1. The molecular weight excluding hydrogens is 330 g/mol. The Hall–Kier alpha value is -1.92. The first-order valence-electron chi connectivity index (χ1n) is 7.22. The number of nitrogens with one attached hydrogen (secondary N) is 2. The maximum absolute atomic E-state index is 7.31. The van der Waals surface area contributed by atoms with Crippen molar-refractivity contribution in [2.75, 3.05) is 0 Å². The summed E-state index contributed by atoms with van der Waals surface area (Å²) in [5.41, 5.74) is 12.2. The van der Waals surface area contributed by atoms with Crippen LogP contribution in [0.25, 0.3) is 0 Å². The van der Waals surface area contributed by atoms with Gasteiger partial charge >= 0.3 is 0 Å². The summed E-state index contributed by atoms with van der Waals surface area (Å²) in [7, 11) is 0. The van der Waals surface area contributed by atoms with Crippen molar-refractivity contribution < 1.29 is 0 Å². The highest BCUT2D eigenvalue weighted by atomic mass is 35.5. The molecule has 0 aromatic carbocycles. The van der Waals surface area contributed by atoms with Crippen LogP contribution < -0.4 is 11.2 Å². The van der Waals surface area contributed by atoms with Gasteiger partial charge in [0.2, 0.25) is 5.96 Å². The van der Waals surface area contributed by atoms with E-state index in [2.05, 4.69) is 41.5 Å². The second kappa shape index (κ2) is 7.10. The van der Waals surface area contributed by atoms with Gasteiger partial charge in [0.1, 0.15) is 0 Å². The van der Waals surface area contributed by atoms with Crippen LogP contribution in [0.4, 0.5) is 0 Å². The molecule has 1 atom stereocenters. The molecule has 122 valence electrons. The summed E-state index contributed by atoms with van der Waals surface area (Å²) in [6.07, 6.45) is 3.61. The monoisotopic (exact) mass is 349 g/mol. The van der Waals surface area contributed by atoms with Gasteiger partial charge < -0.3 is 5.73 Å². The van der Waals surface area contributed by atoms with Crippen LogP contribution in [0.3, 0.4) is 0 Å². The van der Waals surface area contributed by atoms with Crippen LogP contribution in [-0.2, 0) is 6.42 Å². The number of pyridine rings is 1. The Balaban J connectivity index is 0.00000192. The molecule has 0 radical (unpaired) electrons. The lowest BCUT2D eigenvalue weighted by Crippen LogP contribution is -2.29. The van der Waals surface area contributed by atoms with Gasteiger partial charge in [0.25, 0.3) is 0 Å². The molecule has 5 nitrogen and oxygen atoms in total. The van der Waals surface area contributed by atoms with Crippen molar-refractivity contribution in [1.82, 2.24) is 10.4 Å². The lowest BCUT2D eigenvalue weighted by molar-refractivity contribution is 0.686. The Bertz CT molecular complexity index is 753. The van der Waals surface area contributed by atoms with Crippen LogP contribution >= 0.6 is 23.7 Å². The highest BCUT2D eigenvalue weighted by Crippen LogP contribution is 2.36. The zero-order valence-corrected chi connectivity index (χ0v) is 14.7. The summed E-state index contributed by atoms with van der Waals surface area (Å²) in [6, 6.07) is 6.35. The average molecular weight is 350 g/mol. The van der Waals surface area contributed by atoms with Gasteiger partial charge in [-0.3, -0.25) is 10.4 Å². The highest BCUT2D eigenvalue weighted by Gasteiger charge is 2.28. The molecule has 0 saturated heterocycles. The second-order valence-corrected chi connectivity index (χ2v) is 6.91. The van der Waals surface area contributed by atoms with E-state index in [1.807, 2.05) is 23.6 Å². The molecule has 0 spiro atoms. The number of rotatable bonds is 2. The van der Waals surface area contributed by atoms with Gasteiger partial charge in [0, 0.05) is 33.9 Å². The van der Waals surface area contributed by atoms with Crippen molar-refractivity contribution in [3.63, 3.8) is 0 Å². The molecule has 0 saturated carbocycles. The summed E-state index contributed by atoms with van der Waals surface area (Å²) in [5.74, 6) is 0.234. The third-order valence-electron chi connectivity index (χ3n) is 3.88. The second-order valence-electron chi connectivity index (χ2n) is 5.59. The van der Waals surface area contributed by atoms with Crippen molar-refractivity contribution in [1.29, 1.82) is 5.41 Å². The smallest absolute Gasteiger partial charge is 0.206 e. The van der Waals surface area contributed by atoms with E-state index in [9.17, 15) is 0 Å². The summed E-state index contributed by atoms with van der Waals surface area (Å²) in [5, 5.41) is 11.7. The van der Waals surface area contributed by atoms with Crippen molar-refractivity contribution in [2.24, 2.45) is 10.8 Å². The first kappa shape index (κ1) is 17.4. The molecule has 2 aromatic rings. The van der Waals surface area contributed by atoms with Crippen LogP contribution in [-0.4, -0.2) is 16.7 Å². The van der Waals surface area contributed by atoms with Gasteiger partial charge in [0.15, 0.2) is 0 Å². The summed E-state index contributed by atoms with van der Waals surface area (Å²) >= 11 is 1.83. The zero-order valence-electron chi connectivity index (χ0n) is 13.1. The number of fused-ring (bicyclic) bond motifs is 1. The molecule has 0 aliphatic heterocycles. The third-order valence-corrected chi connectivity index (χ3v) is 5.04. The van der Waals surface area contributed by atoms with Gasteiger partial charge in [-0.2, -0.15) is 5.10 Å². The minimum atomic E-state index is -0.148. The molecule has 0 fully saturated rings. The van der Waals surface area contributed by atoms with Gasteiger partial charge in [-0.15, -0.1) is 23.7 Å². The number of hydrogen-bond donors (Lipinski definition) is 3. The Morgan fingerprint density at radius 3 is 2.78 bits per heavy atom. The number of nitrogens with zero attached hydrogens (tertiary/aromatic N) is 2. The highest BCUT2D eigenvalue weighted by molar-refractivity contribution is 7.12. The molecule has 4 N–H and O–H groups in total. The zero-order chi connectivity index (χ0) is 15.7. The number of aryl methyl sites for hydroxylation is 2. The van der Waals surface area contributed by atoms with Crippen LogP contribution in [0.5, 0.6) is 0 Å². The molecule has 0 amide bonds. The predicted octanol–water partition coefficient (Wildman–Crippen LogP) is 3.10. The molecule has 0 bridgehead atoms. The van der Waals surface area contributed by atoms with Crippen molar-refractivity contribution in [3.05, 3.63) is 51.0 Å². The number of nitrogens with two attached hydrogens (primary N) is 1. The Morgan fingerprint density at radius 2 is 2.13 bits per heavy atom. The van der Waals surface area contributed by atoms with E-state index >= 15 is 0 Å². The van der Waals surface area contributed by atoms with Gasteiger partial charge in [-0.1, -0.05) is 0 Å². The van der Waals surface area contributed by atoms with Gasteiger partial charge in [-0.25, -0.2) is 5.43 Å². The van der Waals surface area contributed by atoms with E-state index in [4.69, 9.17) is 11.1 Å². The maximum Gasteiger partial charge on any atom is 0.206 e. The molecule has 3 rings (SSSR count). The Kier molecular flexibility index (Phi) is 5.38. The van der Waals surface area contributed by atoms with E-state index < -0.39 is 0 Å². The fourth-order valence-electron chi connectivity index (χ4n) is 2.91. The summed E-state index contributed by atoms with van der Waals surface area (Å²) < 4.78 is 0. The fourth-order valence-corrected chi connectivity index (χ4v) is 3.89. The molecular formula is C16H20ClN5S. The Morgan fingerprint density at radius 1 is 1.35 bits per heavy atom. The third kappa shape index (κ3) is 3.71. The van der Waals surface area contributed by atoms with Crippen LogP contribution in [0.2, 0.25) is 0 Å². The lowest BCUT2D eigenvalue weighted by Gasteiger charge is -2.25. The quantitative estimate of drug-likeness (QED) is 0.442. The van der Waals surface area contributed by atoms with Crippen molar-refractivity contribution in [2.45, 2.75) is 32.6 Å². The molecule has 2 aromatic heterocycles. The minimum absolute atomic E-state index is 0. The molecule has 1 aliphatic rings. The normalized spacial score (nSPS) is 18.2. The average Bonchev–Trinajstić information content (AvgIpc) is 2.91. The minimum Gasteiger partial charge on any atom is -0.369 e. The number of thiophene rings is 1. The number of halogens is 1. The van der Waals surface area contributed by atoms with E-state index in [1.54, 1.807) is 0 Å². The standard InChI is InChI=1S/C16H19N5S.ClH/c1-9-5-6-19-12-7-11(14-4-3-10(2)22-14)8-13(15(9)12)20-21-16(17)18;/h3-6,11H,7-8H2,1-2H3,(H4,17,18,21);1H. The van der Waals surface area contributed by atoms with Crippen molar-refractivity contribution in [3.8, 4) is 0 Å². The number of hydrazone groups is 1. The fraction of sp³-hybridized carbons (Fsp3) is 0.312. The molecule has 1 unspecified atom stereocenters. The molecule has 2 heterocycles. The van der Waals surface area contributed by atoms with Crippen molar-refractivity contribution >= 4 is 35.4 Å². The Labute approximate surface area is 145 Å². The topological polar surface area (TPSA) is 87.2 Å². The van der Waals surface area contributed by atoms with Crippen LogP contribution in [0, 0.1) is 19.3 Å². The van der Waals surface area contributed by atoms with E-state index in [0.29, 0.717) is 5.92 Å². The first-order valence-corrected chi connectivity index (χ1v) is 8.04. The van der Waals surface area contributed by atoms with E-state index in [1.165, 1.54) is 9.75 Å². The predicted molar refractivity (Wildman–Crippen MR) is 97.9 cm³/mol. The molecule has 23 heavy (non-hydrogen) atoms. The SMILES string of the molecule is Cc1ccc(C2CC(=NNC(=N)N)c3c(C)ccnc3C2)s1.Cl. The number of hydrogen-bond acceptors (Lipinski definition) is 4. The van der Waals surface area contributed by atoms with Gasteiger partial charge in [-0.05, 0) is 44.0 Å². The maximum atomic E-state index is 7.31. The number of guanidine groups is 1. The largest absolute Gasteiger partial charge is 0.369 e. The van der Waals surface area contributed by atoms with Crippen LogP contribution in [0.15, 0.2) is 29.5 Å². The van der Waals surface area contributed by atoms with Crippen LogP contribution in [0.1, 0.15) is 38.9 Å². The lowest BCUT2D eigenvalue weighted by atomic mass is 9.83. The first-order chi connectivity index (χ1) is 10.5. The van der Waals surface area contributed by atoms with E-state index in [-0.39, 0.29) is 18.4 Å². The molecule has 7 heteroatoms. The molecule has 1 aliphatic carbocycles. The van der Waals surface area contributed by atoms with Gasteiger partial charge in [0.05, 0.1) is 11.4 Å².